The highest BCUT2D eigenvalue weighted by molar-refractivity contribution is 5.97. The highest BCUT2D eigenvalue weighted by atomic mass is 16.2. The third-order valence-electron chi connectivity index (χ3n) is 4.85. The molecule has 1 atom stereocenters. The minimum atomic E-state index is -0.379. The number of carbonyl (C=O) groups excluding carboxylic acids is 2. The number of anilines is 2. The number of nitrogens with zero attached hydrogens (tertiary/aromatic N) is 3. The van der Waals surface area contributed by atoms with Crippen LogP contribution in [0.1, 0.15) is 23.6 Å². The number of carbonyl (C=O) groups is 2. The summed E-state index contributed by atoms with van der Waals surface area (Å²) in [4.78, 5) is 34.8. The van der Waals surface area contributed by atoms with Crippen LogP contribution in [-0.2, 0) is 11.3 Å². The van der Waals surface area contributed by atoms with Gasteiger partial charge >= 0.3 is 6.03 Å². The fourth-order valence-corrected chi connectivity index (χ4v) is 3.40. The highest BCUT2D eigenvalue weighted by Crippen LogP contribution is 2.32. The van der Waals surface area contributed by atoms with Gasteiger partial charge in [0.05, 0.1) is 12.2 Å². The summed E-state index contributed by atoms with van der Waals surface area (Å²) in [6.45, 7) is 0.925. The van der Waals surface area contributed by atoms with Crippen molar-refractivity contribution < 1.29 is 9.59 Å². The average molecular weight is 387 g/mol. The quantitative estimate of drug-likeness (QED) is 0.703. The SMILES string of the molecule is O=C(NCc1ccccn1)Nc1cc(N2C[C@H](c3ccccc3)CC2=O)ccn1. The third-order valence-corrected chi connectivity index (χ3v) is 4.85. The molecule has 1 aliphatic heterocycles. The first-order valence-electron chi connectivity index (χ1n) is 9.45. The zero-order valence-corrected chi connectivity index (χ0v) is 15.8. The van der Waals surface area contributed by atoms with E-state index in [1.807, 2.05) is 48.5 Å². The van der Waals surface area contributed by atoms with Crippen LogP contribution in [0.5, 0.6) is 0 Å². The van der Waals surface area contributed by atoms with Crippen LogP contribution >= 0.6 is 0 Å². The van der Waals surface area contributed by atoms with E-state index in [1.54, 1.807) is 29.4 Å². The van der Waals surface area contributed by atoms with Crippen molar-refractivity contribution in [1.29, 1.82) is 0 Å². The molecule has 4 rings (SSSR count). The molecule has 1 aromatic carbocycles. The Hall–Kier alpha value is -3.74. The minimum Gasteiger partial charge on any atom is -0.332 e. The summed E-state index contributed by atoms with van der Waals surface area (Å²) in [6, 6.07) is 18.7. The van der Waals surface area contributed by atoms with Crippen LogP contribution < -0.4 is 15.5 Å². The Balaban J connectivity index is 1.39. The maximum absolute atomic E-state index is 12.6. The van der Waals surface area contributed by atoms with E-state index < -0.39 is 0 Å². The number of hydrogen-bond donors (Lipinski definition) is 2. The first kappa shape index (κ1) is 18.6. The largest absolute Gasteiger partial charge is 0.332 e. The monoisotopic (exact) mass is 387 g/mol. The molecule has 0 aliphatic carbocycles. The number of urea groups is 1. The van der Waals surface area contributed by atoms with Gasteiger partial charge in [0.15, 0.2) is 0 Å². The summed E-state index contributed by atoms with van der Waals surface area (Å²) < 4.78 is 0. The fraction of sp³-hybridized carbons (Fsp3) is 0.182. The van der Waals surface area contributed by atoms with Crippen molar-refractivity contribution in [2.24, 2.45) is 0 Å². The van der Waals surface area contributed by atoms with Gasteiger partial charge < -0.3 is 10.2 Å². The zero-order valence-electron chi connectivity index (χ0n) is 15.8. The molecule has 3 aromatic rings. The van der Waals surface area contributed by atoms with Crippen molar-refractivity contribution in [3.05, 3.63) is 84.3 Å². The maximum Gasteiger partial charge on any atom is 0.320 e. The lowest BCUT2D eigenvalue weighted by Gasteiger charge is -2.18. The predicted octanol–water partition coefficient (Wildman–Crippen LogP) is 3.32. The number of amides is 3. The zero-order chi connectivity index (χ0) is 20.1. The molecular formula is C22H21N5O2. The number of hydrogen-bond acceptors (Lipinski definition) is 4. The topological polar surface area (TPSA) is 87.2 Å². The van der Waals surface area contributed by atoms with Crippen LogP contribution in [0, 0.1) is 0 Å². The van der Waals surface area contributed by atoms with Gasteiger partial charge in [-0.2, -0.15) is 0 Å². The average Bonchev–Trinajstić information content (AvgIpc) is 3.15. The molecule has 29 heavy (non-hydrogen) atoms. The van der Waals surface area contributed by atoms with Crippen LogP contribution in [0.15, 0.2) is 73.1 Å². The molecule has 1 aliphatic rings. The smallest absolute Gasteiger partial charge is 0.320 e. The first-order valence-corrected chi connectivity index (χ1v) is 9.45. The maximum atomic E-state index is 12.6. The van der Waals surface area contributed by atoms with Crippen LogP contribution in [0.25, 0.3) is 0 Å². The Labute approximate surface area is 168 Å². The molecular weight excluding hydrogens is 366 g/mol. The van der Waals surface area contributed by atoms with Crippen LogP contribution in [-0.4, -0.2) is 28.5 Å². The second-order valence-electron chi connectivity index (χ2n) is 6.84. The molecule has 0 spiro atoms. The number of pyridine rings is 2. The van der Waals surface area contributed by atoms with Crippen molar-refractivity contribution in [1.82, 2.24) is 15.3 Å². The lowest BCUT2D eigenvalue weighted by Crippen LogP contribution is -2.29. The summed E-state index contributed by atoms with van der Waals surface area (Å²) in [5.41, 5.74) is 2.65. The van der Waals surface area contributed by atoms with Gasteiger partial charge in [0.1, 0.15) is 5.82 Å². The standard InChI is InChI=1S/C22H21N5O2/c28-21-12-17(16-6-2-1-3-7-16)15-27(21)19-9-11-24-20(13-19)26-22(29)25-14-18-8-4-5-10-23-18/h1-11,13,17H,12,14-15H2,(H2,24,25,26,29)/t17-/m1/s1. The van der Waals surface area contributed by atoms with Gasteiger partial charge in [0.2, 0.25) is 5.91 Å². The lowest BCUT2D eigenvalue weighted by molar-refractivity contribution is -0.117. The van der Waals surface area contributed by atoms with Gasteiger partial charge in [-0.1, -0.05) is 36.4 Å². The van der Waals surface area contributed by atoms with E-state index in [4.69, 9.17) is 0 Å². The van der Waals surface area contributed by atoms with E-state index in [2.05, 4.69) is 20.6 Å². The summed E-state index contributed by atoms with van der Waals surface area (Å²) in [5.74, 6) is 0.613. The number of benzene rings is 1. The normalized spacial score (nSPS) is 15.9. The van der Waals surface area contributed by atoms with Crippen molar-refractivity contribution >= 4 is 23.4 Å². The minimum absolute atomic E-state index is 0.0654. The molecule has 0 unspecified atom stereocenters. The molecule has 2 aromatic heterocycles. The lowest BCUT2D eigenvalue weighted by atomic mass is 9.99. The molecule has 0 radical (unpaired) electrons. The molecule has 3 heterocycles. The molecule has 1 fully saturated rings. The fourth-order valence-electron chi connectivity index (χ4n) is 3.40. The van der Waals surface area contributed by atoms with Crippen molar-refractivity contribution in [3.63, 3.8) is 0 Å². The molecule has 146 valence electrons. The number of aromatic nitrogens is 2. The van der Waals surface area contributed by atoms with Gasteiger partial charge in [-0.05, 0) is 23.8 Å². The summed E-state index contributed by atoms with van der Waals surface area (Å²) in [6.07, 6.45) is 3.74. The van der Waals surface area contributed by atoms with Crippen molar-refractivity contribution in [3.8, 4) is 0 Å². The van der Waals surface area contributed by atoms with E-state index in [9.17, 15) is 9.59 Å². The Morgan fingerprint density at radius 3 is 2.66 bits per heavy atom. The van der Waals surface area contributed by atoms with Gasteiger partial charge in [-0.25, -0.2) is 9.78 Å². The second-order valence-corrected chi connectivity index (χ2v) is 6.84. The summed E-state index contributed by atoms with van der Waals surface area (Å²) >= 11 is 0. The van der Waals surface area contributed by atoms with E-state index in [0.29, 0.717) is 25.3 Å². The van der Waals surface area contributed by atoms with E-state index >= 15 is 0 Å². The molecule has 0 bridgehead atoms. The Morgan fingerprint density at radius 2 is 1.86 bits per heavy atom. The van der Waals surface area contributed by atoms with Crippen LogP contribution in [0.3, 0.4) is 0 Å². The van der Waals surface area contributed by atoms with Gasteiger partial charge in [-0.3, -0.25) is 15.1 Å². The van der Waals surface area contributed by atoms with Crippen molar-refractivity contribution in [2.45, 2.75) is 18.9 Å². The summed E-state index contributed by atoms with van der Waals surface area (Å²) in [7, 11) is 0. The Kier molecular flexibility index (Phi) is 5.47. The van der Waals surface area contributed by atoms with Crippen LogP contribution in [0.4, 0.5) is 16.3 Å². The Bertz CT molecular complexity index is 994. The molecule has 7 nitrogen and oxygen atoms in total. The molecule has 3 amide bonds. The Morgan fingerprint density at radius 1 is 1.03 bits per heavy atom. The molecule has 2 N–H and O–H groups in total. The van der Waals surface area contributed by atoms with E-state index in [-0.39, 0.29) is 17.9 Å². The van der Waals surface area contributed by atoms with Gasteiger partial charge in [-0.15, -0.1) is 0 Å². The molecule has 1 saturated heterocycles. The number of nitrogens with one attached hydrogen (secondary N) is 2. The predicted molar refractivity (Wildman–Crippen MR) is 110 cm³/mol. The third kappa shape index (κ3) is 4.57. The van der Waals surface area contributed by atoms with E-state index in [0.717, 1.165) is 16.9 Å². The van der Waals surface area contributed by atoms with Gasteiger partial charge in [0.25, 0.3) is 0 Å². The molecule has 7 heteroatoms. The second kappa shape index (κ2) is 8.52. The van der Waals surface area contributed by atoms with Gasteiger partial charge in [0, 0.05) is 43.0 Å². The van der Waals surface area contributed by atoms with Crippen molar-refractivity contribution in [2.75, 3.05) is 16.8 Å². The first-order chi connectivity index (χ1) is 14.2. The summed E-state index contributed by atoms with van der Waals surface area (Å²) in [5, 5.41) is 5.45. The molecule has 0 saturated carbocycles. The van der Waals surface area contributed by atoms with Crippen LogP contribution in [0.2, 0.25) is 0 Å². The highest BCUT2D eigenvalue weighted by Gasteiger charge is 2.31. The van der Waals surface area contributed by atoms with E-state index in [1.165, 1.54) is 0 Å². The number of rotatable bonds is 5.